The number of amides is 2. The lowest BCUT2D eigenvalue weighted by Crippen LogP contribution is -2.42. The van der Waals surface area contributed by atoms with E-state index in [-0.39, 0.29) is 18.5 Å². The van der Waals surface area contributed by atoms with Crippen molar-refractivity contribution in [3.63, 3.8) is 0 Å². The van der Waals surface area contributed by atoms with Crippen LogP contribution in [0.2, 0.25) is 0 Å². The van der Waals surface area contributed by atoms with E-state index < -0.39 is 17.5 Å². The van der Waals surface area contributed by atoms with E-state index >= 15 is 0 Å². The summed E-state index contributed by atoms with van der Waals surface area (Å²) in [6.07, 6.45) is 1.65. The van der Waals surface area contributed by atoms with Gasteiger partial charge in [-0.05, 0) is 63.3 Å². The Hall–Kier alpha value is -2.57. The summed E-state index contributed by atoms with van der Waals surface area (Å²) < 4.78 is 5.44. The van der Waals surface area contributed by atoms with Gasteiger partial charge in [0.25, 0.3) is 5.91 Å². The van der Waals surface area contributed by atoms with Crippen molar-refractivity contribution >= 4 is 18.0 Å². The maximum atomic E-state index is 12.8. The SMILES string of the molecule is CC(C)(C)OC(=O)N1CCc2cc(C(=O)N3CCCC(C(=O)O)C3)ccc2C1. The highest BCUT2D eigenvalue weighted by atomic mass is 16.6. The summed E-state index contributed by atoms with van der Waals surface area (Å²) in [5, 5.41) is 9.23. The maximum absolute atomic E-state index is 12.8. The van der Waals surface area contributed by atoms with E-state index in [4.69, 9.17) is 4.74 Å². The fourth-order valence-electron chi connectivity index (χ4n) is 3.71. The second kappa shape index (κ2) is 7.81. The smallest absolute Gasteiger partial charge is 0.410 e. The van der Waals surface area contributed by atoms with Crippen LogP contribution in [-0.4, -0.2) is 58.1 Å². The molecule has 152 valence electrons. The van der Waals surface area contributed by atoms with E-state index in [9.17, 15) is 19.5 Å². The Bertz CT molecular complexity index is 783. The molecule has 2 amide bonds. The van der Waals surface area contributed by atoms with Gasteiger partial charge in [-0.3, -0.25) is 9.59 Å². The highest BCUT2D eigenvalue weighted by Gasteiger charge is 2.30. The average Bonchev–Trinajstić information content (AvgIpc) is 2.65. The molecule has 1 N–H and O–H groups in total. The van der Waals surface area contributed by atoms with Crippen LogP contribution in [0.3, 0.4) is 0 Å². The minimum absolute atomic E-state index is 0.122. The van der Waals surface area contributed by atoms with Gasteiger partial charge in [-0.1, -0.05) is 6.07 Å². The number of carboxylic acids is 1. The molecule has 0 spiro atoms. The molecule has 7 heteroatoms. The summed E-state index contributed by atoms with van der Waals surface area (Å²) in [6.45, 7) is 7.39. The van der Waals surface area contributed by atoms with Crippen molar-refractivity contribution in [2.75, 3.05) is 19.6 Å². The summed E-state index contributed by atoms with van der Waals surface area (Å²) in [5.41, 5.74) is 2.11. The Labute approximate surface area is 165 Å². The van der Waals surface area contributed by atoms with Crippen molar-refractivity contribution in [2.45, 2.75) is 52.2 Å². The molecule has 2 aliphatic rings. The first-order valence-corrected chi connectivity index (χ1v) is 9.76. The Morgan fingerprint density at radius 1 is 1.11 bits per heavy atom. The summed E-state index contributed by atoms with van der Waals surface area (Å²) >= 11 is 0. The number of hydrogen-bond acceptors (Lipinski definition) is 4. The van der Waals surface area contributed by atoms with Gasteiger partial charge in [0.2, 0.25) is 0 Å². The third-order valence-electron chi connectivity index (χ3n) is 5.18. The predicted octanol–water partition coefficient (Wildman–Crippen LogP) is 2.92. The normalized spacial score (nSPS) is 19.8. The van der Waals surface area contributed by atoms with Crippen molar-refractivity contribution in [1.29, 1.82) is 0 Å². The largest absolute Gasteiger partial charge is 0.481 e. The van der Waals surface area contributed by atoms with Crippen LogP contribution in [0, 0.1) is 5.92 Å². The van der Waals surface area contributed by atoms with E-state index in [1.165, 1.54) is 0 Å². The highest BCUT2D eigenvalue weighted by molar-refractivity contribution is 5.95. The molecular formula is C21H28N2O5. The van der Waals surface area contributed by atoms with Crippen LogP contribution in [0.1, 0.15) is 55.1 Å². The first-order valence-electron chi connectivity index (χ1n) is 9.76. The number of carbonyl (C=O) groups excluding carboxylic acids is 2. The lowest BCUT2D eigenvalue weighted by atomic mass is 9.95. The van der Waals surface area contributed by atoms with Crippen molar-refractivity contribution < 1.29 is 24.2 Å². The molecular weight excluding hydrogens is 360 g/mol. The van der Waals surface area contributed by atoms with Gasteiger partial charge in [-0.15, -0.1) is 0 Å². The van der Waals surface area contributed by atoms with E-state index in [2.05, 4.69) is 0 Å². The van der Waals surface area contributed by atoms with Crippen molar-refractivity contribution in [3.8, 4) is 0 Å². The highest BCUT2D eigenvalue weighted by Crippen LogP contribution is 2.24. The second-order valence-corrected chi connectivity index (χ2v) is 8.56. The first-order chi connectivity index (χ1) is 13.1. The van der Waals surface area contributed by atoms with Crippen LogP contribution < -0.4 is 0 Å². The number of carbonyl (C=O) groups is 3. The van der Waals surface area contributed by atoms with Crippen molar-refractivity contribution in [2.24, 2.45) is 5.92 Å². The molecule has 0 aromatic heterocycles. The van der Waals surface area contributed by atoms with Gasteiger partial charge < -0.3 is 19.6 Å². The molecule has 1 saturated heterocycles. The number of hydrogen-bond donors (Lipinski definition) is 1. The molecule has 0 radical (unpaired) electrons. The first kappa shape index (κ1) is 20.2. The second-order valence-electron chi connectivity index (χ2n) is 8.56. The lowest BCUT2D eigenvalue weighted by Gasteiger charge is -2.32. The molecule has 1 fully saturated rings. The zero-order valence-corrected chi connectivity index (χ0v) is 16.7. The van der Waals surface area contributed by atoms with Crippen LogP contribution >= 0.6 is 0 Å². The van der Waals surface area contributed by atoms with Crippen LogP contribution in [0.5, 0.6) is 0 Å². The number of aliphatic carboxylic acids is 1. The van der Waals surface area contributed by atoms with E-state index in [0.717, 1.165) is 11.1 Å². The number of nitrogens with zero attached hydrogens (tertiary/aromatic N) is 2. The molecule has 1 unspecified atom stereocenters. The third-order valence-corrected chi connectivity index (χ3v) is 5.18. The zero-order valence-electron chi connectivity index (χ0n) is 16.7. The third kappa shape index (κ3) is 4.64. The minimum Gasteiger partial charge on any atom is -0.481 e. The summed E-state index contributed by atoms with van der Waals surface area (Å²) in [4.78, 5) is 39.7. The summed E-state index contributed by atoms with van der Waals surface area (Å²) in [5.74, 6) is -1.45. The molecule has 1 aromatic rings. The quantitative estimate of drug-likeness (QED) is 0.842. The van der Waals surface area contributed by atoms with Gasteiger partial charge in [0.1, 0.15) is 5.60 Å². The van der Waals surface area contributed by atoms with Gasteiger partial charge in [0.05, 0.1) is 5.92 Å². The molecule has 3 rings (SSSR count). The lowest BCUT2D eigenvalue weighted by molar-refractivity contribution is -0.143. The topological polar surface area (TPSA) is 87.2 Å². The molecule has 7 nitrogen and oxygen atoms in total. The minimum atomic E-state index is -0.842. The molecule has 1 atom stereocenters. The maximum Gasteiger partial charge on any atom is 0.410 e. The number of benzene rings is 1. The predicted molar refractivity (Wildman–Crippen MR) is 103 cm³/mol. The number of ether oxygens (including phenoxy) is 1. The number of rotatable bonds is 2. The molecule has 0 bridgehead atoms. The summed E-state index contributed by atoms with van der Waals surface area (Å²) in [7, 11) is 0. The fraction of sp³-hybridized carbons (Fsp3) is 0.571. The Morgan fingerprint density at radius 2 is 1.86 bits per heavy atom. The van der Waals surface area contributed by atoms with Crippen LogP contribution in [0.15, 0.2) is 18.2 Å². The molecule has 2 heterocycles. The van der Waals surface area contributed by atoms with Crippen molar-refractivity contribution in [3.05, 3.63) is 34.9 Å². The summed E-state index contributed by atoms with van der Waals surface area (Å²) in [6, 6.07) is 5.54. The van der Waals surface area contributed by atoms with Crippen molar-refractivity contribution in [1.82, 2.24) is 9.80 Å². The Balaban J connectivity index is 1.69. The zero-order chi connectivity index (χ0) is 20.5. The van der Waals surface area contributed by atoms with Gasteiger partial charge in [0, 0.05) is 31.7 Å². The van der Waals surface area contributed by atoms with Gasteiger partial charge in [-0.2, -0.15) is 0 Å². The van der Waals surface area contributed by atoms with E-state index in [1.54, 1.807) is 15.9 Å². The number of likely N-dealkylation sites (tertiary alicyclic amines) is 1. The molecule has 1 aromatic carbocycles. The number of carboxylic acid groups (broad SMARTS) is 1. The van der Waals surface area contributed by atoms with Gasteiger partial charge >= 0.3 is 12.1 Å². The number of fused-ring (bicyclic) bond motifs is 1. The fourth-order valence-corrected chi connectivity index (χ4v) is 3.71. The Kier molecular flexibility index (Phi) is 5.63. The van der Waals surface area contributed by atoms with Gasteiger partial charge in [0.15, 0.2) is 0 Å². The molecule has 0 aliphatic carbocycles. The van der Waals surface area contributed by atoms with Crippen LogP contribution in [-0.2, 0) is 22.5 Å². The van der Waals surface area contributed by atoms with Crippen LogP contribution in [0.25, 0.3) is 0 Å². The van der Waals surface area contributed by atoms with Gasteiger partial charge in [-0.25, -0.2) is 4.79 Å². The number of piperidine rings is 1. The van der Waals surface area contributed by atoms with E-state index in [1.807, 2.05) is 32.9 Å². The Morgan fingerprint density at radius 3 is 2.54 bits per heavy atom. The average molecular weight is 388 g/mol. The van der Waals surface area contributed by atoms with Crippen LogP contribution in [0.4, 0.5) is 4.79 Å². The molecule has 0 saturated carbocycles. The standard InChI is InChI=1S/C21H28N2O5/c1-21(2,3)28-20(27)23-10-8-14-11-15(6-7-16(14)12-23)18(24)22-9-4-5-17(13-22)19(25)26/h6-7,11,17H,4-5,8-10,12-13H2,1-3H3,(H,25,26). The van der Waals surface area contributed by atoms with E-state index in [0.29, 0.717) is 44.5 Å². The monoisotopic (exact) mass is 388 g/mol. The molecule has 28 heavy (non-hydrogen) atoms. The molecule has 2 aliphatic heterocycles.